The van der Waals surface area contributed by atoms with Crippen molar-refractivity contribution < 1.29 is 33.6 Å². The normalized spacial score (nSPS) is 39.8. The quantitative estimate of drug-likeness (QED) is 0.485. The van der Waals surface area contributed by atoms with Crippen LogP contribution in [0.15, 0.2) is 0 Å². The van der Waals surface area contributed by atoms with Crippen molar-refractivity contribution >= 4 is 6.03 Å². The molecule has 2 aliphatic rings. The number of halogens is 2. The summed E-state index contributed by atoms with van der Waals surface area (Å²) in [6, 6.07) is -0.899. The third kappa shape index (κ3) is 2.03. The maximum Gasteiger partial charge on any atom is 0.321 e. The van der Waals surface area contributed by atoms with Gasteiger partial charge in [-0.2, -0.15) is 8.78 Å². The molecule has 9 heteroatoms. The van der Waals surface area contributed by atoms with Crippen LogP contribution in [-0.2, 0) is 4.74 Å². The first-order valence-corrected chi connectivity index (χ1v) is 5.45. The minimum absolute atomic E-state index is 0.0710. The highest BCUT2D eigenvalue weighted by atomic mass is 19.3. The molecule has 0 aromatic carbocycles. The van der Waals surface area contributed by atoms with Gasteiger partial charge in [0.2, 0.25) is 6.23 Å². The summed E-state index contributed by atoms with van der Waals surface area (Å²) < 4.78 is 32.3. The van der Waals surface area contributed by atoms with Crippen LogP contribution < -0.4 is 5.32 Å². The second kappa shape index (κ2) is 4.57. The van der Waals surface area contributed by atoms with E-state index in [-0.39, 0.29) is 13.0 Å². The van der Waals surface area contributed by atoms with E-state index in [1.165, 1.54) is 0 Å². The molecule has 0 saturated carbocycles. The van der Waals surface area contributed by atoms with Crippen molar-refractivity contribution in [1.82, 2.24) is 10.2 Å². The van der Waals surface area contributed by atoms with Crippen LogP contribution in [0.3, 0.4) is 0 Å². The summed E-state index contributed by atoms with van der Waals surface area (Å²) in [4.78, 5) is 12.2. The second-order valence-electron chi connectivity index (χ2n) is 4.28. The summed E-state index contributed by atoms with van der Waals surface area (Å²) in [6.07, 6.45) is -6.57. The van der Waals surface area contributed by atoms with Gasteiger partial charge in [0, 0.05) is 13.0 Å². The van der Waals surface area contributed by atoms with Crippen LogP contribution in [-0.4, -0.2) is 70.0 Å². The van der Waals surface area contributed by atoms with E-state index in [1.54, 1.807) is 0 Å². The topological polar surface area (TPSA) is 102 Å². The number of ether oxygens (including phenoxy) is 1. The highest BCUT2D eigenvalue weighted by Crippen LogP contribution is 2.38. The number of carbonyl (C=O) groups is 1. The summed E-state index contributed by atoms with van der Waals surface area (Å²) >= 11 is 0. The maximum atomic E-state index is 13.7. The third-order valence-corrected chi connectivity index (χ3v) is 3.04. The Balaban J connectivity index is 2.15. The monoisotopic (exact) mass is 268 g/mol. The molecule has 0 aromatic rings. The zero-order valence-corrected chi connectivity index (χ0v) is 9.29. The van der Waals surface area contributed by atoms with Crippen molar-refractivity contribution in [3.8, 4) is 0 Å². The molecule has 2 saturated heterocycles. The molecule has 2 fully saturated rings. The van der Waals surface area contributed by atoms with Gasteiger partial charge in [-0.1, -0.05) is 0 Å². The molecule has 0 aromatic heterocycles. The zero-order valence-electron chi connectivity index (χ0n) is 9.29. The Bertz CT molecular complexity index is 343. The van der Waals surface area contributed by atoms with Crippen LogP contribution in [0, 0.1) is 0 Å². The molecule has 4 N–H and O–H groups in total. The molecule has 18 heavy (non-hydrogen) atoms. The summed E-state index contributed by atoms with van der Waals surface area (Å²) in [6.45, 7) is -0.899. The van der Waals surface area contributed by atoms with Crippen LogP contribution in [0.25, 0.3) is 0 Å². The maximum absolute atomic E-state index is 13.7. The fourth-order valence-corrected chi connectivity index (χ4v) is 2.03. The lowest BCUT2D eigenvalue weighted by atomic mass is 10.1. The van der Waals surface area contributed by atoms with E-state index in [0.29, 0.717) is 4.90 Å². The molecule has 2 heterocycles. The Kier molecular flexibility index (Phi) is 3.41. The van der Waals surface area contributed by atoms with Crippen molar-refractivity contribution in [1.29, 1.82) is 0 Å². The number of nitrogens with zero attached hydrogens (tertiary/aromatic N) is 1. The molecule has 0 spiro atoms. The van der Waals surface area contributed by atoms with Crippen LogP contribution >= 0.6 is 0 Å². The molecular weight excluding hydrogens is 254 g/mol. The molecule has 2 rings (SSSR count). The average Bonchev–Trinajstić information content (AvgIpc) is 2.52. The smallest absolute Gasteiger partial charge is 0.321 e. The van der Waals surface area contributed by atoms with Crippen LogP contribution in [0.5, 0.6) is 0 Å². The number of hydrogen-bond donors (Lipinski definition) is 4. The number of aliphatic hydroxyl groups excluding tert-OH is 3. The van der Waals surface area contributed by atoms with Crippen molar-refractivity contribution in [2.24, 2.45) is 0 Å². The minimum Gasteiger partial charge on any atom is -0.394 e. The van der Waals surface area contributed by atoms with Crippen molar-refractivity contribution in [3.63, 3.8) is 0 Å². The Morgan fingerprint density at radius 3 is 2.67 bits per heavy atom. The largest absolute Gasteiger partial charge is 0.394 e. The Morgan fingerprint density at radius 1 is 1.50 bits per heavy atom. The van der Waals surface area contributed by atoms with Crippen molar-refractivity contribution in [2.45, 2.75) is 37.0 Å². The second-order valence-corrected chi connectivity index (χ2v) is 4.28. The molecule has 0 aliphatic carbocycles. The summed E-state index contributed by atoms with van der Waals surface area (Å²) in [5.74, 6) is -3.67. The van der Waals surface area contributed by atoms with E-state index in [1.807, 2.05) is 0 Å². The molecule has 2 aliphatic heterocycles. The molecular formula is C9H14F2N2O5. The van der Waals surface area contributed by atoms with E-state index in [2.05, 4.69) is 5.32 Å². The summed E-state index contributed by atoms with van der Waals surface area (Å²) in [5, 5.41) is 29.3. The molecule has 2 amide bonds. The lowest BCUT2D eigenvalue weighted by Crippen LogP contribution is -2.59. The Labute approximate surface area is 101 Å². The zero-order chi connectivity index (χ0) is 13.5. The van der Waals surface area contributed by atoms with Gasteiger partial charge in [0.15, 0.2) is 6.10 Å². The Morgan fingerprint density at radius 2 is 2.17 bits per heavy atom. The van der Waals surface area contributed by atoms with Crippen molar-refractivity contribution in [2.75, 3.05) is 13.2 Å². The van der Waals surface area contributed by atoms with Gasteiger partial charge in [-0.15, -0.1) is 0 Å². The van der Waals surface area contributed by atoms with E-state index >= 15 is 0 Å². The van der Waals surface area contributed by atoms with Crippen LogP contribution in [0.1, 0.15) is 6.42 Å². The van der Waals surface area contributed by atoms with Gasteiger partial charge in [-0.3, -0.25) is 4.90 Å². The predicted molar refractivity (Wildman–Crippen MR) is 52.6 cm³/mol. The molecule has 0 bridgehead atoms. The number of carbonyl (C=O) groups excluding carboxylic acids is 1. The number of amides is 2. The average molecular weight is 268 g/mol. The minimum atomic E-state index is -3.67. The van der Waals surface area contributed by atoms with Crippen LogP contribution in [0.2, 0.25) is 0 Å². The molecule has 104 valence electrons. The predicted octanol–water partition coefficient (Wildman–Crippen LogP) is -1.57. The SMILES string of the molecule is O=C1N[C@H](O)CCN1[C@@H]1OC(CO)[C@@H](O)C1(F)F. The fraction of sp³-hybridized carbons (Fsp3) is 0.889. The number of alkyl halides is 2. The van der Waals surface area contributed by atoms with Gasteiger partial charge in [0.25, 0.3) is 0 Å². The first kappa shape index (κ1) is 13.4. The van der Waals surface area contributed by atoms with E-state index < -0.39 is 43.2 Å². The first-order chi connectivity index (χ1) is 8.37. The lowest BCUT2D eigenvalue weighted by Gasteiger charge is -2.36. The van der Waals surface area contributed by atoms with Gasteiger partial charge in [0.1, 0.15) is 12.3 Å². The number of urea groups is 1. The Hall–Kier alpha value is -1.03. The summed E-state index contributed by atoms with van der Waals surface area (Å²) in [7, 11) is 0. The standard InChI is InChI=1S/C9H14F2N2O5/c10-9(11)6(16)4(3-14)18-7(9)13-2-1-5(15)12-8(13)17/h4-7,14-16H,1-3H2,(H,12,17)/t4?,5-,6-,7-/m1/s1. The van der Waals surface area contributed by atoms with Gasteiger partial charge in [-0.05, 0) is 0 Å². The van der Waals surface area contributed by atoms with Gasteiger partial charge < -0.3 is 25.4 Å². The number of rotatable bonds is 2. The molecule has 4 atom stereocenters. The third-order valence-electron chi connectivity index (χ3n) is 3.04. The van der Waals surface area contributed by atoms with Gasteiger partial charge in [0.05, 0.1) is 6.61 Å². The highest BCUT2D eigenvalue weighted by Gasteiger charge is 2.61. The van der Waals surface area contributed by atoms with E-state index in [9.17, 15) is 18.7 Å². The number of hydrogen-bond acceptors (Lipinski definition) is 5. The summed E-state index contributed by atoms with van der Waals surface area (Å²) in [5.41, 5.74) is 0. The molecule has 0 radical (unpaired) electrons. The van der Waals surface area contributed by atoms with Crippen LogP contribution in [0.4, 0.5) is 13.6 Å². The lowest BCUT2D eigenvalue weighted by molar-refractivity contribution is -0.159. The van der Waals surface area contributed by atoms with E-state index in [0.717, 1.165) is 0 Å². The van der Waals surface area contributed by atoms with Gasteiger partial charge in [-0.25, -0.2) is 4.79 Å². The molecule has 7 nitrogen and oxygen atoms in total. The fourth-order valence-electron chi connectivity index (χ4n) is 2.03. The first-order valence-electron chi connectivity index (χ1n) is 5.45. The van der Waals surface area contributed by atoms with E-state index in [4.69, 9.17) is 14.9 Å². The molecule has 1 unspecified atom stereocenters. The van der Waals surface area contributed by atoms with Crippen molar-refractivity contribution in [3.05, 3.63) is 0 Å². The number of aliphatic hydroxyl groups is 3. The number of nitrogens with one attached hydrogen (secondary N) is 1. The highest BCUT2D eigenvalue weighted by molar-refractivity contribution is 5.75. The van der Waals surface area contributed by atoms with Gasteiger partial charge >= 0.3 is 12.0 Å².